The Kier molecular flexibility index (Phi) is 6.76. The maximum absolute atomic E-state index is 12.6. The first kappa shape index (κ1) is 18.7. The number of aryl methyl sites for hydroxylation is 2. The molecule has 2 rings (SSSR count). The number of carbonyl (C=O) groups is 2. The Balaban J connectivity index is 2.03. The average Bonchev–Trinajstić information content (AvgIpc) is 2.60. The van der Waals surface area contributed by atoms with Gasteiger partial charge in [0.05, 0.1) is 18.4 Å². The van der Waals surface area contributed by atoms with Gasteiger partial charge in [0.15, 0.2) is 6.61 Å². The van der Waals surface area contributed by atoms with Crippen molar-refractivity contribution >= 4 is 17.6 Å². The quantitative estimate of drug-likeness (QED) is 0.587. The third-order valence-corrected chi connectivity index (χ3v) is 4.21. The van der Waals surface area contributed by atoms with Crippen molar-refractivity contribution in [1.29, 1.82) is 5.26 Å². The molecular weight excluding hydrogens is 316 g/mol. The molecule has 0 saturated carbocycles. The molecule has 1 atom stereocenters. The molecular formula is C20H24N2O3. The summed E-state index contributed by atoms with van der Waals surface area (Å²) in [6, 6.07) is 7.88. The summed E-state index contributed by atoms with van der Waals surface area (Å²) in [6.45, 7) is 3.90. The van der Waals surface area contributed by atoms with E-state index in [9.17, 15) is 9.59 Å². The minimum atomic E-state index is -0.321. The van der Waals surface area contributed by atoms with E-state index in [1.165, 1.54) is 4.90 Å². The number of esters is 1. The van der Waals surface area contributed by atoms with Gasteiger partial charge in [-0.15, -0.1) is 0 Å². The van der Waals surface area contributed by atoms with Crippen LogP contribution in [-0.4, -0.2) is 25.0 Å². The summed E-state index contributed by atoms with van der Waals surface area (Å²) >= 11 is 0. The number of hydrogen-bond acceptors (Lipinski definition) is 4. The van der Waals surface area contributed by atoms with E-state index in [1.807, 2.05) is 38.1 Å². The average molecular weight is 340 g/mol. The summed E-state index contributed by atoms with van der Waals surface area (Å²) in [5.74, 6) is -0.787. The predicted molar refractivity (Wildman–Crippen MR) is 95.9 cm³/mol. The van der Waals surface area contributed by atoms with E-state index in [2.05, 4.69) is 12.1 Å². The molecule has 1 aromatic carbocycles. The summed E-state index contributed by atoms with van der Waals surface area (Å²) in [5, 5.41) is 8.86. The van der Waals surface area contributed by atoms with Crippen molar-refractivity contribution in [2.24, 2.45) is 5.92 Å². The minimum absolute atomic E-state index is 0.161. The van der Waals surface area contributed by atoms with Crippen LogP contribution >= 0.6 is 0 Å². The molecule has 0 aliphatic heterocycles. The molecule has 25 heavy (non-hydrogen) atoms. The fourth-order valence-corrected chi connectivity index (χ4v) is 3.00. The minimum Gasteiger partial charge on any atom is -0.455 e. The van der Waals surface area contributed by atoms with Gasteiger partial charge in [-0.2, -0.15) is 5.26 Å². The van der Waals surface area contributed by atoms with Crippen LogP contribution in [0.1, 0.15) is 36.8 Å². The van der Waals surface area contributed by atoms with Crippen LogP contribution in [0.15, 0.2) is 30.4 Å². The van der Waals surface area contributed by atoms with Gasteiger partial charge >= 0.3 is 5.97 Å². The lowest BCUT2D eigenvalue weighted by atomic mass is 9.95. The molecule has 1 unspecified atom stereocenters. The van der Waals surface area contributed by atoms with E-state index in [1.54, 1.807) is 0 Å². The van der Waals surface area contributed by atoms with Crippen molar-refractivity contribution in [2.75, 3.05) is 18.1 Å². The first-order chi connectivity index (χ1) is 12.0. The lowest BCUT2D eigenvalue weighted by Crippen LogP contribution is -2.36. The van der Waals surface area contributed by atoms with Gasteiger partial charge in [-0.05, 0) is 56.4 Å². The molecule has 0 radical (unpaired) electrons. The predicted octanol–water partition coefficient (Wildman–Crippen LogP) is 3.45. The molecule has 0 spiro atoms. The van der Waals surface area contributed by atoms with Crippen molar-refractivity contribution in [2.45, 2.75) is 39.5 Å². The number of carbonyl (C=O) groups excluding carboxylic acids is 2. The lowest BCUT2D eigenvalue weighted by Gasteiger charge is -2.23. The van der Waals surface area contributed by atoms with Gasteiger partial charge in [0, 0.05) is 12.2 Å². The number of nitrogens with zero attached hydrogens (tertiary/aromatic N) is 2. The highest BCUT2D eigenvalue weighted by Gasteiger charge is 2.23. The Morgan fingerprint density at radius 1 is 1.24 bits per heavy atom. The molecule has 0 fully saturated rings. The van der Waals surface area contributed by atoms with Crippen LogP contribution in [0.3, 0.4) is 0 Å². The van der Waals surface area contributed by atoms with Crippen LogP contribution in [0.25, 0.3) is 0 Å². The Labute approximate surface area is 148 Å². The van der Waals surface area contributed by atoms with Crippen LogP contribution in [0.2, 0.25) is 0 Å². The van der Waals surface area contributed by atoms with Gasteiger partial charge in [0.1, 0.15) is 0 Å². The second kappa shape index (κ2) is 9.03. The first-order valence-electron chi connectivity index (χ1n) is 8.58. The number of hydrogen-bond donors (Lipinski definition) is 0. The van der Waals surface area contributed by atoms with Crippen LogP contribution < -0.4 is 4.90 Å². The van der Waals surface area contributed by atoms with E-state index in [0.29, 0.717) is 6.42 Å². The number of rotatable bonds is 6. The van der Waals surface area contributed by atoms with E-state index in [4.69, 9.17) is 10.00 Å². The number of benzene rings is 1. The molecule has 0 N–H and O–H groups in total. The topological polar surface area (TPSA) is 70.4 Å². The highest BCUT2D eigenvalue weighted by atomic mass is 16.5. The third-order valence-electron chi connectivity index (χ3n) is 4.21. The smallest absolute Gasteiger partial charge is 0.309 e. The molecule has 5 heteroatoms. The van der Waals surface area contributed by atoms with E-state index in [-0.39, 0.29) is 37.4 Å². The fourth-order valence-electron chi connectivity index (χ4n) is 3.00. The van der Waals surface area contributed by atoms with Crippen LogP contribution in [0.4, 0.5) is 5.69 Å². The molecule has 0 aromatic heterocycles. The highest BCUT2D eigenvalue weighted by molar-refractivity contribution is 5.95. The van der Waals surface area contributed by atoms with Crippen molar-refractivity contribution in [3.05, 3.63) is 41.5 Å². The first-order valence-corrected chi connectivity index (χ1v) is 8.58. The lowest BCUT2D eigenvalue weighted by molar-refractivity contribution is -0.152. The summed E-state index contributed by atoms with van der Waals surface area (Å²) in [4.78, 5) is 26.2. The van der Waals surface area contributed by atoms with Crippen molar-refractivity contribution < 1.29 is 14.3 Å². The normalized spacial score (nSPS) is 16.1. The van der Waals surface area contributed by atoms with Crippen molar-refractivity contribution in [3.8, 4) is 6.07 Å². The third kappa shape index (κ3) is 5.46. The van der Waals surface area contributed by atoms with Crippen molar-refractivity contribution in [1.82, 2.24) is 0 Å². The van der Waals surface area contributed by atoms with E-state index < -0.39 is 0 Å². The van der Waals surface area contributed by atoms with Crippen LogP contribution in [0, 0.1) is 31.1 Å². The molecule has 0 heterocycles. The standard InChI is InChI=1S/C20H24N2O3/c1-15-11-16(2)13-18(12-15)22(10-6-9-21)19(23)14-25-20(24)17-7-4-3-5-8-17/h3-4,11-13,17H,5-8,10,14H2,1-2H3. The van der Waals surface area contributed by atoms with Crippen LogP contribution in [-0.2, 0) is 14.3 Å². The van der Waals surface area contributed by atoms with Crippen LogP contribution in [0.5, 0.6) is 0 Å². The monoisotopic (exact) mass is 340 g/mol. The van der Waals surface area contributed by atoms with Gasteiger partial charge in [0.2, 0.25) is 0 Å². The number of nitriles is 1. The summed E-state index contributed by atoms with van der Waals surface area (Å²) in [7, 11) is 0. The zero-order valence-corrected chi connectivity index (χ0v) is 14.8. The fraction of sp³-hybridized carbons (Fsp3) is 0.450. The maximum atomic E-state index is 12.6. The highest BCUT2D eigenvalue weighted by Crippen LogP contribution is 2.21. The van der Waals surface area contributed by atoms with Gasteiger partial charge in [-0.25, -0.2) is 0 Å². The molecule has 1 aromatic rings. The maximum Gasteiger partial charge on any atom is 0.309 e. The van der Waals surface area contributed by atoms with Gasteiger partial charge in [0.25, 0.3) is 5.91 Å². The van der Waals surface area contributed by atoms with Gasteiger partial charge in [-0.1, -0.05) is 18.2 Å². The Bertz CT molecular complexity index is 683. The number of allylic oxidation sites excluding steroid dienone is 2. The largest absolute Gasteiger partial charge is 0.455 e. The Morgan fingerprint density at radius 2 is 1.96 bits per heavy atom. The molecule has 0 bridgehead atoms. The molecule has 1 aliphatic carbocycles. The number of anilines is 1. The Hall–Kier alpha value is -2.61. The molecule has 5 nitrogen and oxygen atoms in total. The summed E-state index contributed by atoms with van der Waals surface area (Å²) in [5.41, 5.74) is 2.81. The molecule has 1 amide bonds. The van der Waals surface area contributed by atoms with Gasteiger partial charge < -0.3 is 9.64 Å². The second-order valence-electron chi connectivity index (χ2n) is 6.39. The number of ether oxygens (including phenoxy) is 1. The Morgan fingerprint density at radius 3 is 2.56 bits per heavy atom. The van der Waals surface area contributed by atoms with Gasteiger partial charge in [-0.3, -0.25) is 9.59 Å². The zero-order chi connectivity index (χ0) is 18.2. The van der Waals surface area contributed by atoms with E-state index >= 15 is 0 Å². The molecule has 0 saturated heterocycles. The zero-order valence-electron chi connectivity index (χ0n) is 14.8. The second-order valence-corrected chi connectivity index (χ2v) is 6.39. The molecule has 1 aliphatic rings. The SMILES string of the molecule is Cc1cc(C)cc(N(CCC#N)C(=O)COC(=O)C2CC=CCC2)c1. The molecule has 132 valence electrons. The van der Waals surface area contributed by atoms with Crippen molar-refractivity contribution in [3.63, 3.8) is 0 Å². The summed E-state index contributed by atoms with van der Waals surface area (Å²) < 4.78 is 5.24. The summed E-state index contributed by atoms with van der Waals surface area (Å²) in [6.07, 6.45) is 6.55. The van der Waals surface area contributed by atoms with E-state index in [0.717, 1.165) is 29.7 Å². The number of amides is 1.